The Morgan fingerprint density at radius 3 is 2.38 bits per heavy atom. The van der Waals surface area contributed by atoms with Crippen molar-refractivity contribution in [1.82, 2.24) is 5.32 Å². The smallest absolute Gasteiger partial charge is 0.217 e. The quantitative estimate of drug-likeness (QED) is 0.616. The molecular weight excluding hydrogens is 170 g/mol. The highest BCUT2D eigenvalue weighted by atomic mass is 16.5. The molecule has 0 aliphatic rings. The molecule has 1 atom stereocenters. The van der Waals surface area contributed by atoms with Crippen molar-refractivity contribution in [2.45, 2.75) is 33.2 Å². The number of carbonyl (C=O) groups is 2. The maximum atomic E-state index is 11.0. The molecule has 0 aromatic carbocycles. The molecule has 1 unspecified atom stereocenters. The zero-order valence-electron chi connectivity index (χ0n) is 8.42. The maximum Gasteiger partial charge on any atom is 0.217 e. The Hall–Kier alpha value is -0.900. The fraction of sp³-hybridized carbons (Fsp3) is 0.778. The number of hydrogen-bond acceptors (Lipinski definition) is 3. The van der Waals surface area contributed by atoms with Crippen molar-refractivity contribution in [2.24, 2.45) is 0 Å². The summed E-state index contributed by atoms with van der Waals surface area (Å²) in [6.07, 6.45) is 0.907. The molecule has 1 N–H and O–H groups in total. The number of ketones is 1. The number of ether oxygens (including phenoxy) is 1. The molecule has 0 bridgehead atoms. The Bertz CT molecular complexity index is 180. The van der Waals surface area contributed by atoms with Gasteiger partial charge in [0.1, 0.15) is 6.04 Å². The lowest BCUT2D eigenvalue weighted by Crippen LogP contribution is -2.42. The average molecular weight is 187 g/mol. The third-order valence-electron chi connectivity index (χ3n) is 1.50. The molecule has 4 nitrogen and oxygen atoms in total. The summed E-state index contributed by atoms with van der Waals surface area (Å²) in [7, 11) is 0. The number of carbonyl (C=O) groups excluding carboxylic acids is 2. The van der Waals surface area contributed by atoms with Gasteiger partial charge in [-0.3, -0.25) is 9.59 Å². The van der Waals surface area contributed by atoms with Gasteiger partial charge in [-0.2, -0.15) is 0 Å². The molecule has 13 heavy (non-hydrogen) atoms. The van der Waals surface area contributed by atoms with Gasteiger partial charge < -0.3 is 10.1 Å². The van der Waals surface area contributed by atoms with Gasteiger partial charge in [-0.1, -0.05) is 6.92 Å². The summed E-state index contributed by atoms with van der Waals surface area (Å²) in [6.45, 7) is 5.69. The molecule has 0 saturated heterocycles. The lowest BCUT2D eigenvalue weighted by Gasteiger charge is -2.14. The van der Waals surface area contributed by atoms with E-state index in [4.69, 9.17) is 4.74 Å². The van der Waals surface area contributed by atoms with Crippen LogP contribution in [0.3, 0.4) is 0 Å². The number of rotatable bonds is 6. The minimum Gasteiger partial charge on any atom is -0.379 e. The van der Waals surface area contributed by atoms with Crippen molar-refractivity contribution >= 4 is 11.7 Å². The van der Waals surface area contributed by atoms with Crippen molar-refractivity contribution in [3.05, 3.63) is 0 Å². The summed E-state index contributed by atoms with van der Waals surface area (Å²) in [5.74, 6) is -0.286. The van der Waals surface area contributed by atoms with Crippen LogP contribution in [0.25, 0.3) is 0 Å². The first-order chi connectivity index (χ1) is 6.07. The van der Waals surface area contributed by atoms with Crippen molar-refractivity contribution < 1.29 is 14.3 Å². The average Bonchev–Trinajstić information content (AvgIpc) is 2.02. The van der Waals surface area contributed by atoms with Crippen LogP contribution >= 0.6 is 0 Å². The summed E-state index contributed by atoms with van der Waals surface area (Å²) in [5.41, 5.74) is 0. The zero-order valence-corrected chi connectivity index (χ0v) is 8.42. The number of hydrogen-bond donors (Lipinski definition) is 1. The van der Waals surface area contributed by atoms with Crippen LogP contribution in [0.5, 0.6) is 0 Å². The van der Waals surface area contributed by atoms with E-state index in [2.05, 4.69) is 5.32 Å². The largest absolute Gasteiger partial charge is 0.379 e. The third kappa shape index (κ3) is 6.28. The summed E-state index contributed by atoms with van der Waals surface area (Å²) in [4.78, 5) is 21.7. The van der Waals surface area contributed by atoms with Crippen molar-refractivity contribution in [3.8, 4) is 0 Å². The number of nitrogens with one attached hydrogen (secondary N) is 1. The van der Waals surface area contributed by atoms with E-state index in [9.17, 15) is 9.59 Å². The van der Waals surface area contributed by atoms with Crippen LogP contribution in [-0.4, -0.2) is 30.9 Å². The van der Waals surface area contributed by atoms with Crippen LogP contribution in [0.1, 0.15) is 27.2 Å². The molecule has 0 fully saturated rings. The fourth-order valence-corrected chi connectivity index (χ4v) is 0.852. The van der Waals surface area contributed by atoms with E-state index in [1.54, 1.807) is 0 Å². The normalized spacial score (nSPS) is 12.2. The van der Waals surface area contributed by atoms with E-state index in [-0.39, 0.29) is 18.3 Å². The summed E-state index contributed by atoms with van der Waals surface area (Å²) < 4.78 is 5.17. The molecule has 4 heteroatoms. The molecule has 76 valence electrons. The van der Waals surface area contributed by atoms with E-state index < -0.39 is 6.04 Å². The van der Waals surface area contributed by atoms with E-state index >= 15 is 0 Å². The lowest BCUT2D eigenvalue weighted by molar-refractivity contribution is -0.127. The Labute approximate surface area is 78.6 Å². The van der Waals surface area contributed by atoms with Crippen molar-refractivity contribution in [1.29, 1.82) is 0 Å². The van der Waals surface area contributed by atoms with Gasteiger partial charge in [0.05, 0.1) is 6.61 Å². The Morgan fingerprint density at radius 2 is 2.00 bits per heavy atom. The number of amides is 1. The van der Waals surface area contributed by atoms with Gasteiger partial charge in [-0.15, -0.1) is 0 Å². The minimum atomic E-state index is -0.496. The monoisotopic (exact) mass is 187 g/mol. The third-order valence-corrected chi connectivity index (χ3v) is 1.50. The lowest BCUT2D eigenvalue weighted by atomic mass is 10.2. The van der Waals surface area contributed by atoms with E-state index in [0.29, 0.717) is 6.61 Å². The second-order valence-corrected chi connectivity index (χ2v) is 2.94. The maximum absolute atomic E-state index is 11.0. The second kappa shape index (κ2) is 6.60. The molecule has 0 heterocycles. The number of Topliss-reactive ketones (excluding diaryl/α,β-unsaturated/α-hetero) is 1. The predicted molar refractivity (Wildman–Crippen MR) is 49.4 cm³/mol. The molecule has 0 saturated carbocycles. The highest BCUT2D eigenvalue weighted by molar-refractivity contribution is 5.86. The molecule has 0 aliphatic carbocycles. The van der Waals surface area contributed by atoms with E-state index in [1.807, 2.05) is 6.92 Å². The second-order valence-electron chi connectivity index (χ2n) is 2.94. The minimum absolute atomic E-state index is 0.0775. The van der Waals surface area contributed by atoms with Crippen LogP contribution in [0.15, 0.2) is 0 Å². The van der Waals surface area contributed by atoms with Gasteiger partial charge in [0.15, 0.2) is 5.78 Å². The van der Waals surface area contributed by atoms with Crippen molar-refractivity contribution in [2.75, 3.05) is 13.2 Å². The SMILES string of the molecule is CCCOCC(NC(C)=O)C(C)=O. The Morgan fingerprint density at radius 1 is 1.38 bits per heavy atom. The van der Waals surface area contributed by atoms with E-state index in [0.717, 1.165) is 6.42 Å². The molecule has 0 aromatic rings. The van der Waals surface area contributed by atoms with E-state index in [1.165, 1.54) is 13.8 Å². The summed E-state index contributed by atoms with van der Waals surface area (Å²) >= 11 is 0. The predicted octanol–water partition coefficient (Wildman–Crippen LogP) is 0.507. The van der Waals surface area contributed by atoms with Gasteiger partial charge >= 0.3 is 0 Å². The van der Waals surface area contributed by atoms with Crippen LogP contribution < -0.4 is 5.32 Å². The Kier molecular flexibility index (Phi) is 6.14. The molecule has 0 rings (SSSR count). The first kappa shape index (κ1) is 12.1. The molecule has 0 aliphatic heterocycles. The van der Waals surface area contributed by atoms with Crippen LogP contribution in [-0.2, 0) is 14.3 Å². The summed E-state index contributed by atoms with van der Waals surface area (Å²) in [6, 6.07) is -0.496. The molecule has 0 radical (unpaired) electrons. The summed E-state index contributed by atoms with van der Waals surface area (Å²) in [5, 5.41) is 2.52. The van der Waals surface area contributed by atoms with Crippen LogP contribution in [0.4, 0.5) is 0 Å². The Balaban J connectivity index is 3.81. The molecule has 0 aromatic heterocycles. The van der Waals surface area contributed by atoms with Crippen LogP contribution in [0, 0.1) is 0 Å². The molecular formula is C9H17NO3. The van der Waals surface area contributed by atoms with Crippen molar-refractivity contribution in [3.63, 3.8) is 0 Å². The van der Waals surface area contributed by atoms with Gasteiger partial charge in [-0.25, -0.2) is 0 Å². The highest BCUT2D eigenvalue weighted by Gasteiger charge is 2.14. The molecule has 1 amide bonds. The topological polar surface area (TPSA) is 55.4 Å². The zero-order chi connectivity index (χ0) is 10.3. The van der Waals surface area contributed by atoms with Crippen LogP contribution in [0.2, 0.25) is 0 Å². The first-order valence-corrected chi connectivity index (χ1v) is 4.43. The van der Waals surface area contributed by atoms with Gasteiger partial charge in [-0.05, 0) is 13.3 Å². The fourth-order valence-electron chi connectivity index (χ4n) is 0.852. The van der Waals surface area contributed by atoms with Gasteiger partial charge in [0, 0.05) is 13.5 Å². The molecule has 0 spiro atoms. The highest BCUT2D eigenvalue weighted by Crippen LogP contribution is 1.90. The standard InChI is InChI=1S/C9H17NO3/c1-4-5-13-6-9(7(2)11)10-8(3)12/h9H,4-6H2,1-3H3,(H,10,12). The van der Waals surface area contributed by atoms with Gasteiger partial charge in [0.25, 0.3) is 0 Å². The first-order valence-electron chi connectivity index (χ1n) is 4.43. The van der Waals surface area contributed by atoms with Gasteiger partial charge in [0.2, 0.25) is 5.91 Å².